The molecule has 9 rings (SSSR count). The number of nitrogens with one attached hydrogen (secondary N) is 3. The van der Waals surface area contributed by atoms with Crippen LogP contribution in [0.4, 0.5) is 34.9 Å². The van der Waals surface area contributed by atoms with Gasteiger partial charge < -0.3 is 67.1 Å². The third kappa shape index (κ3) is 13.5. The first-order chi connectivity index (χ1) is 35.3. The number of carbonyl (C=O) groups excluding carboxylic acids is 6. The van der Waals surface area contributed by atoms with Crippen LogP contribution >= 0.6 is 0 Å². The molecule has 2 aromatic heterocycles. The van der Waals surface area contributed by atoms with Crippen LogP contribution in [-0.4, -0.2) is 184 Å². The Bertz CT molecular complexity index is 2610. The molecule has 2 aromatic carbocycles. The van der Waals surface area contributed by atoms with Gasteiger partial charge in [-0.3, -0.25) is 28.8 Å². The van der Waals surface area contributed by atoms with E-state index in [4.69, 9.17) is 26.7 Å². The number of rotatable bonds is 12. The highest BCUT2D eigenvalue weighted by atomic mass is 16.5. The van der Waals surface area contributed by atoms with Crippen molar-refractivity contribution in [2.75, 3.05) is 112 Å². The van der Waals surface area contributed by atoms with E-state index in [-0.39, 0.29) is 64.7 Å². The van der Waals surface area contributed by atoms with Crippen molar-refractivity contribution in [3.63, 3.8) is 0 Å². The van der Waals surface area contributed by atoms with Crippen molar-refractivity contribution in [2.45, 2.75) is 57.5 Å². The van der Waals surface area contributed by atoms with Gasteiger partial charge in [-0.1, -0.05) is 0 Å². The molecule has 5 aliphatic rings. The van der Waals surface area contributed by atoms with Gasteiger partial charge >= 0.3 is 0 Å². The Kier molecular flexibility index (Phi) is 17.1. The lowest BCUT2D eigenvalue weighted by molar-refractivity contribution is -0.134. The van der Waals surface area contributed by atoms with Crippen LogP contribution in [0.2, 0.25) is 0 Å². The van der Waals surface area contributed by atoms with Crippen LogP contribution in [-0.2, 0) is 19.1 Å². The molecule has 5 saturated heterocycles. The van der Waals surface area contributed by atoms with Crippen LogP contribution in [0.3, 0.4) is 0 Å². The van der Waals surface area contributed by atoms with E-state index in [1.54, 1.807) is 70.2 Å². The number of nitrogens with two attached hydrogens (primary N) is 3. The van der Waals surface area contributed by atoms with Crippen LogP contribution < -0.4 is 43.0 Å². The second-order valence-corrected chi connectivity index (χ2v) is 18.5. The number of nitrogens with zero attached hydrogens (tertiary/aromatic N) is 11. The van der Waals surface area contributed by atoms with Crippen molar-refractivity contribution in [3.05, 3.63) is 71.0 Å². The maximum Gasteiger partial charge on any atom is 0.273 e. The number of primary amides is 2. The van der Waals surface area contributed by atoms with Crippen molar-refractivity contribution >= 4 is 70.4 Å². The number of hydrogen-bond donors (Lipinski definition) is 6. The van der Waals surface area contributed by atoms with E-state index in [1.165, 1.54) is 0 Å². The Morgan fingerprint density at radius 3 is 1.45 bits per heavy atom. The normalized spacial score (nSPS) is 19.5. The van der Waals surface area contributed by atoms with Crippen molar-refractivity contribution in [3.8, 4) is 0 Å². The third-order valence-electron chi connectivity index (χ3n) is 13.3. The topological polar surface area (TPSA) is 329 Å². The molecule has 0 bridgehead atoms. The Hall–Kier alpha value is -7.64. The Labute approximate surface area is 421 Å². The molecular formula is C48H63N17O8. The summed E-state index contributed by atoms with van der Waals surface area (Å²) in [6.07, 6.45) is 4.83. The fourth-order valence-corrected chi connectivity index (χ4v) is 9.22. The number of amides is 6. The molecule has 25 nitrogen and oxygen atoms in total. The molecule has 388 valence electrons. The highest BCUT2D eigenvalue weighted by molar-refractivity contribution is 5.98. The zero-order valence-corrected chi connectivity index (χ0v) is 40.9. The monoisotopic (exact) mass is 1010 g/mol. The number of ether oxygens (including phenoxy) is 2. The average Bonchev–Trinajstić information content (AvgIpc) is 3.41. The van der Waals surface area contributed by atoms with Crippen LogP contribution in [0.1, 0.15) is 87.1 Å². The summed E-state index contributed by atoms with van der Waals surface area (Å²) in [6, 6.07) is 13.8. The summed E-state index contributed by atoms with van der Waals surface area (Å²) < 4.78 is 10.6. The van der Waals surface area contributed by atoms with E-state index in [1.807, 2.05) is 9.80 Å². The second-order valence-electron chi connectivity index (χ2n) is 18.5. The number of anilines is 6. The Morgan fingerprint density at radius 2 is 1.01 bits per heavy atom. The molecule has 0 saturated carbocycles. The quantitative estimate of drug-likeness (QED) is 0.113. The molecule has 4 aromatic rings. The predicted molar refractivity (Wildman–Crippen MR) is 267 cm³/mol. The summed E-state index contributed by atoms with van der Waals surface area (Å²) in [4.78, 5) is 92.0. The smallest absolute Gasteiger partial charge is 0.273 e. The molecule has 0 spiro atoms. The van der Waals surface area contributed by atoms with Crippen LogP contribution in [0, 0.1) is 5.92 Å². The maximum absolute atomic E-state index is 13.0. The third-order valence-corrected chi connectivity index (χ3v) is 13.3. The van der Waals surface area contributed by atoms with E-state index in [9.17, 15) is 28.8 Å². The number of likely N-dealkylation sites (tertiary alicyclic amines) is 1. The van der Waals surface area contributed by atoms with Gasteiger partial charge in [0.05, 0.1) is 26.4 Å². The van der Waals surface area contributed by atoms with Gasteiger partial charge in [0.25, 0.3) is 23.6 Å². The molecule has 9 N–H and O–H groups in total. The van der Waals surface area contributed by atoms with E-state index in [2.05, 4.69) is 46.3 Å². The first kappa shape index (κ1) is 51.7. The summed E-state index contributed by atoms with van der Waals surface area (Å²) in [5, 5.41) is 25.6. The molecule has 73 heavy (non-hydrogen) atoms. The summed E-state index contributed by atoms with van der Waals surface area (Å²) in [5.74, 6) is -0.615. The number of carbonyl (C=O) groups is 6. The molecular weight excluding hydrogens is 943 g/mol. The zero-order chi connectivity index (χ0) is 51.4. The van der Waals surface area contributed by atoms with Gasteiger partial charge in [-0.25, -0.2) is 0 Å². The number of hydrogen-bond acceptors (Lipinski definition) is 19. The van der Waals surface area contributed by atoms with Gasteiger partial charge in [0, 0.05) is 113 Å². The minimum Gasteiger partial charge on any atom is -0.378 e. The van der Waals surface area contributed by atoms with E-state index in [0.717, 1.165) is 32.2 Å². The summed E-state index contributed by atoms with van der Waals surface area (Å²) >= 11 is 0. The number of morpholine rings is 2. The number of piperidine rings is 3. The second kappa shape index (κ2) is 24.2. The minimum atomic E-state index is -0.775. The van der Waals surface area contributed by atoms with Crippen LogP contribution in [0.5, 0.6) is 0 Å². The van der Waals surface area contributed by atoms with E-state index >= 15 is 0 Å². The largest absolute Gasteiger partial charge is 0.378 e. The number of aromatic nitrogens is 6. The predicted octanol–water partition coefficient (Wildman–Crippen LogP) is 0.644. The minimum absolute atomic E-state index is 0.00563. The standard InChI is InChI=1S/C28H37N9O5.C20H26N8O3/c1-18(38)35-11-8-19(9-12-35)26(40)31-22-3-2-10-37(17-22)28-32-25(23(24(29)39)33-34-28)30-21-6-4-20(5-7-21)27(41)36-13-15-42-16-14-36;21-14-2-1-7-28(12-14)20-24-18(16(17(22)29)25-26-20)23-15-5-3-13(4-6-15)19(30)27-8-10-31-11-9-27/h4-7,19,22H,2-3,8-17H2,1H3,(H2,29,39)(H,31,40)(H,30,32,34);3-6,14H,1-2,7-12,21H2,(H2,22,29)(H,23,24,26)/t22-;14-/m11/s1. The van der Waals surface area contributed by atoms with Gasteiger partial charge in [0.1, 0.15) is 0 Å². The zero-order valence-electron chi connectivity index (χ0n) is 40.9. The molecule has 6 amide bonds. The van der Waals surface area contributed by atoms with Gasteiger partial charge in [-0.2, -0.15) is 9.97 Å². The Balaban J connectivity index is 0.000000204. The molecule has 0 unspecified atom stereocenters. The van der Waals surface area contributed by atoms with Gasteiger partial charge in [-0.05, 0) is 87.1 Å². The SMILES string of the molecule is CC(=O)N1CCC(C(=O)N[C@@H]2CCCN(c3nnc(C(N)=O)c(Nc4ccc(C(=O)N5CCOCC5)cc4)n3)C2)CC1.NC(=O)c1nnc(N2CCC[C@@H](N)C2)nc1Nc1ccc(C(=O)N2CCOCC2)cc1. The molecule has 7 heterocycles. The van der Waals surface area contributed by atoms with E-state index < -0.39 is 11.8 Å². The molecule has 0 radical (unpaired) electrons. The van der Waals surface area contributed by atoms with Gasteiger partial charge in [-0.15, -0.1) is 20.4 Å². The molecule has 5 fully saturated rings. The first-order valence-electron chi connectivity index (χ1n) is 24.7. The lowest BCUT2D eigenvalue weighted by atomic mass is 9.95. The van der Waals surface area contributed by atoms with Crippen LogP contribution in [0.25, 0.3) is 0 Å². The lowest BCUT2D eigenvalue weighted by Gasteiger charge is -2.35. The molecule has 0 aliphatic carbocycles. The lowest BCUT2D eigenvalue weighted by Crippen LogP contribution is -2.51. The van der Waals surface area contributed by atoms with Gasteiger partial charge in [0.2, 0.25) is 23.7 Å². The van der Waals surface area contributed by atoms with Crippen molar-refractivity contribution in [2.24, 2.45) is 23.1 Å². The summed E-state index contributed by atoms with van der Waals surface area (Å²) in [7, 11) is 0. The Morgan fingerprint density at radius 1 is 0.562 bits per heavy atom. The van der Waals surface area contributed by atoms with E-state index in [0.29, 0.717) is 133 Å². The fraction of sp³-hybridized carbons (Fsp3) is 0.500. The maximum atomic E-state index is 13.0. The molecule has 2 atom stereocenters. The van der Waals surface area contributed by atoms with Crippen molar-refractivity contribution < 1.29 is 38.2 Å². The van der Waals surface area contributed by atoms with Crippen LogP contribution in [0.15, 0.2) is 48.5 Å². The molecule has 5 aliphatic heterocycles. The van der Waals surface area contributed by atoms with Crippen molar-refractivity contribution in [1.29, 1.82) is 0 Å². The highest BCUT2D eigenvalue weighted by Gasteiger charge is 2.31. The highest BCUT2D eigenvalue weighted by Crippen LogP contribution is 2.26. The number of benzene rings is 2. The average molecular weight is 1010 g/mol. The fourth-order valence-electron chi connectivity index (χ4n) is 9.22. The summed E-state index contributed by atoms with van der Waals surface area (Å²) in [5.41, 5.74) is 19.3. The molecule has 25 heteroatoms. The summed E-state index contributed by atoms with van der Waals surface area (Å²) in [6.45, 7) is 9.70. The van der Waals surface area contributed by atoms with Gasteiger partial charge in [0.15, 0.2) is 23.0 Å². The van der Waals surface area contributed by atoms with Crippen molar-refractivity contribution in [1.82, 2.24) is 50.4 Å². The first-order valence-corrected chi connectivity index (χ1v) is 24.7.